The second-order valence-electron chi connectivity index (χ2n) is 6.39. The number of anilines is 1. The fraction of sp³-hybridized carbons (Fsp3) is 0.143. The van der Waals surface area contributed by atoms with Gasteiger partial charge in [0, 0.05) is 7.05 Å². The van der Waals surface area contributed by atoms with E-state index in [-0.39, 0.29) is 15.5 Å². The summed E-state index contributed by atoms with van der Waals surface area (Å²) in [6.07, 6.45) is 0. The van der Waals surface area contributed by atoms with Crippen molar-refractivity contribution < 1.29 is 27.5 Å². The van der Waals surface area contributed by atoms with Crippen LogP contribution in [0.3, 0.4) is 0 Å². The molecule has 3 aromatic rings. The van der Waals surface area contributed by atoms with E-state index in [1.165, 1.54) is 32.4 Å². The van der Waals surface area contributed by atoms with E-state index in [0.29, 0.717) is 20.7 Å². The summed E-state index contributed by atoms with van der Waals surface area (Å²) in [5.41, 5.74) is 0.132. The van der Waals surface area contributed by atoms with E-state index >= 15 is 0 Å². The van der Waals surface area contributed by atoms with Gasteiger partial charge in [0.25, 0.3) is 10.0 Å². The van der Waals surface area contributed by atoms with Crippen LogP contribution in [0.1, 0.15) is 20.0 Å². The normalized spacial score (nSPS) is 11.1. The Kier molecular flexibility index (Phi) is 7.45. The van der Waals surface area contributed by atoms with E-state index in [0.717, 1.165) is 21.7 Å². The number of Topliss-reactive ketones (excluding diaryl/α,β-unsaturated/α-hetero) is 1. The summed E-state index contributed by atoms with van der Waals surface area (Å²) in [5.74, 6) is -1.01. The molecule has 0 radical (unpaired) electrons. The molecular formula is C21H17Cl2NO6S2. The van der Waals surface area contributed by atoms with Gasteiger partial charge in [-0.25, -0.2) is 13.2 Å². The minimum Gasteiger partial charge on any atom is -0.495 e. The van der Waals surface area contributed by atoms with E-state index in [9.17, 15) is 18.0 Å². The fourth-order valence-electron chi connectivity index (χ4n) is 2.74. The maximum absolute atomic E-state index is 13.2. The number of para-hydroxylation sites is 2. The van der Waals surface area contributed by atoms with Gasteiger partial charge in [-0.3, -0.25) is 9.10 Å². The minimum atomic E-state index is -4.06. The average Bonchev–Trinajstić information content (AvgIpc) is 3.23. The molecule has 0 saturated carbocycles. The highest BCUT2D eigenvalue weighted by atomic mass is 35.5. The number of carbonyl (C=O) groups excluding carboxylic acids is 2. The predicted molar refractivity (Wildman–Crippen MR) is 124 cm³/mol. The number of ketones is 1. The number of halogens is 2. The average molecular weight is 514 g/mol. The van der Waals surface area contributed by atoms with Crippen LogP contribution in [0, 0.1) is 0 Å². The Morgan fingerprint density at radius 1 is 1.06 bits per heavy atom. The van der Waals surface area contributed by atoms with Gasteiger partial charge in [-0.05, 0) is 42.5 Å². The monoisotopic (exact) mass is 513 g/mol. The molecule has 0 unspecified atom stereocenters. The number of hydrogen-bond acceptors (Lipinski definition) is 7. The van der Waals surface area contributed by atoms with E-state index in [1.54, 1.807) is 30.3 Å². The molecule has 0 atom stereocenters. The highest BCUT2D eigenvalue weighted by molar-refractivity contribution is 7.92. The summed E-state index contributed by atoms with van der Waals surface area (Å²) in [4.78, 5) is 24.8. The standard InChI is InChI=1S/C21H17Cl2NO6S2/c1-24(16-5-3-4-6-18(16)29-2)32(27,28)13-7-8-15(22)14(11-13)21(26)30-12-17(25)19-9-10-20(23)31-19/h3-11H,12H2,1-2H3. The number of hydrogen-bond donors (Lipinski definition) is 0. The molecule has 7 nitrogen and oxygen atoms in total. The molecule has 0 aliphatic rings. The zero-order chi connectivity index (χ0) is 23.5. The van der Waals surface area contributed by atoms with Crippen LogP contribution in [-0.2, 0) is 14.8 Å². The van der Waals surface area contributed by atoms with Gasteiger partial charge in [0.05, 0.1) is 37.5 Å². The molecular weight excluding hydrogens is 497 g/mol. The van der Waals surface area contributed by atoms with Crippen LogP contribution in [-0.4, -0.2) is 40.9 Å². The van der Waals surface area contributed by atoms with Gasteiger partial charge in [-0.15, -0.1) is 11.3 Å². The molecule has 168 valence electrons. The number of sulfonamides is 1. The van der Waals surface area contributed by atoms with E-state index in [4.69, 9.17) is 32.7 Å². The number of rotatable bonds is 8. The van der Waals surface area contributed by atoms with Crippen molar-refractivity contribution in [3.05, 3.63) is 74.4 Å². The summed E-state index contributed by atoms with van der Waals surface area (Å²) in [6, 6.07) is 13.4. The second kappa shape index (κ2) is 9.91. The molecule has 0 saturated heterocycles. The minimum absolute atomic E-state index is 0.0134. The lowest BCUT2D eigenvalue weighted by Gasteiger charge is -2.22. The van der Waals surface area contributed by atoms with Crippen molar-refractivity contribution in [2.75, 3.05) is 25.1 Å². The number of esters is 1. The summed E-state index contributed by atoms with van der Waals surface area (Å²) in [7, 11) is -1.26. The highest BCUT2D eigenvalue weighted by Gasteiger charge is 2.26. The molecule has 32 heavy (non-hydrogen) atoms. The van der Waals surface area contributed by atoms with Crippen LogP contribution in [0.5, 0.6) is 5.75 Å². The van der Waals surface area contributed by atoms with Crippen molar-refractivity contribution in [1.29, 1.82) is 0 Å². The number of benzene rings is 2. The maximum atomic E-state index is 13.2. The first-order valence-corrected chi connectivity index (χ1v) is 12.0. The quantitative estimate of drug-likeness (QED) is 0.313. The summed E-state index contributed by atoms with van der Waals surface area (Å²) >= 11 is 13.0. The number of carbonyl (C=O) groups is 2. The number of thiophene rings is 1. The number of ether oxygens (including phenoxy) is 2. The lowest BCUT2D eigenvalue weighted by molar-refractivity contribution is 0.0475. The molecule has 0 bridgehead atoms. The Bertz CT molecular complexity index is 1270. The Hall–Kier alpha value is -2.59. The van der Waals surface area contributed by atoms with Gasteiger partial charge in [-0.2, -0.15) is 0 Å². The molecule has 1 aromatic heterocycles. The first-order valence-electron chi connectivity index (χ1n) is 9.02. The number of nitrogens with zero attached hydrogens (tertiary/aromatic N) is 1. The largest absolute Gasteiger partial charge is 0.495 e. The van der Waals surface area contributed by atoms with Crippen LogP contribution < -0.4 is 9.04 Å². The lowest BCUT2D eigenvalue weighted by Crippen LogP contribution is -2.27. The third-order valence-corrected chi connectivity index (χ3v) is 7.79. The SMILES string of the molecule is COc1ccccc1N(C)S(=O)(=O)c1ccc(Cl)c(C(=O)OCC(=O)c2ccc(Cl)s2)c1. The second-order valence-corrected chi connectivity index (χ2v) is 10.5. The van der Waals surface area contributed by atoms with Gasteiger partial charge in [0.1, 0.15) is 5.75 Å². The Balaban J connectivity index is 1.84. The third kappa shape index (κ3) is 5.07. The van der Waals surface area contributed by atoms with Crippen LogP contribution in [0.4, 0.5) is 5.69 Å². The van der Waals surface area contributed by atoms with E-state index in [2.05, 4.69) is 0 Å². The maximum Gasteiger partial charge on any atom is 0.340 e. The molecule has 11 heteroatoms. The molecule has 3 rings (SSSR count). The Morgan fingerprint density at radius 3 is 2.44 bits per heavy atom. The first-order chi connectivity index (χ1) is 15.1. The molecule has 2 aromatic carbocycles. The van der Waals surface area contributed by atoms with E-state index < -0.39 is 28.4 Å². The van der Waals surface area contributed by atoms with Crippen LogP contribution in [0.2, 0.25) is 9.36 Å². The van der Waals surface area contributed by atoms with Crippen molar-refractivity contribution in [1.82, 2.24) is 0 Å². The van der Waals surface area contributed by atoms with Crippen molar-refractivity contribution in [3.8, 4) is 5.75 Å². The molecule has 0 N–H and O–H groups in total. The van der Waals surface area contributed by atoms with Gasteiger partial charge in [0.15, 0.2) is 6.61 Å². The Labute approximate surface area is 199 Å². The predicted octanol–water partition coefficient (Wildman–Crippen LogP) is 4.93. The summed E-state index contributed by atoms with van der Waals surface area (Å²) < 4.78 is 38.0. The summed E-state index contributed by atoms with van der Waals surface area (Å²) in [5, 5.41) is -0.0134. The molecule has 0 aliphatic heterocycles. The molecule has 1 heterocycles. The third-order valence-electron chi connectivity index (χ3n) is 4.42. The lowest BCUT2D eigenvalue weighted by atomic mass is 10.2. The van der Waals surface area contributed by atoms with Crippen LogP contribution in [0.25, 0.3) is 0 Å². The zero-order valence-electron chi connectivity index (χ0n) is 16.9. The van der Waals surface area contributed by atoms with Crippen molar-refractivity contribution in [3.63, 3.8) is 0 Å². The van der Waals surface area contributed by atoms with Gasteiger partial charge in [-0.1, -0.05) is 35.3 Å². The zero-order valence-corrected chi connectivity index (χ0v) is 20.0. The fourth-order valence-corrected chi connectivity index (χ4v) is 5.14. The first kappa shape index (κ1) is 24.1. The van der Waals surface area contributed by atoms with Crippen LogP contribution >= 0.6 is 34.5 Å². The van der Waals surface area contributed by atoms with Crippen molar-refractivity contribution in [2.45, 2.75) is 4.90 Å². The van der Waals surface area contributed by atoms with Crippen LogP contribution in [0.15, 0.2) is 59.5 Å². The van der Waals surface area contributed by atoms with Gasteiger partial charge >= 0.3 is 5.97 Å². The van der Waals surface area contributed by atoms with Crippen molar-refractivity contribution in [2.24, 2.45) is 0 Å². The summed E-state index contributed by atoms with van der Waals surface area (Å²) in [6.45, 7) is -0.538. The van der Waals surface area contributed by atoms with Crippen molar-refractivity contribution >= 4 is 62.0 Å². The number of methoxy groups -OCH3 is 1. The molecule has 0 spiro atoms. The van der Waals surface area contributed by atoms with Gasteiger partial charge < -0.3 is 9.47 Å². The Morgan fingerprint density at radius 2 is 1.78 bits per heavy atom. The highest BCUT2D eigenvalue weighted by Crippen LogP contribution is 2.32. The smallest absolute Gasteiger partial charge is 0.340 e. The van der Waals surface area contributed by atoms with Gasteiger partial charge in [0.2, 0.25) is 5.78 Å². The topological polar surface area (TPSA) is 90.0 Å². The van der Waals surface area contributed by atoms with E-state index in [1.807, 2.05) is 0 Å². The molecule has 0 amide bonds. The molecule has 0 fully saturated rings. The molecule has 0 aliphatic carbocycles.